The number of amides is 2. The van der Waals surface area contributed by atoms with Gasteiger partial charge in [-0.05, 0) is 34.6 Å². The minimum absolute atomic E-state index is 0.220. The summed E-state index contributed by atoms with van der Waals surface area (Å²) in [5.74, 6) is -1.02. The van der Waals surface area contributed by atoms with Crippen molar-refractivity contribution < 1.29 is 23.9 Å². The van der Waals surface area contributed by atoms with Crippen LogP contribution in [0.4, 0.5) is 4.79 Å². The van der Waals surface area contributed by atoms with Crippen molar-refractivity contribution in [3.63, 3.8) is 0 Å². The van der Waals surface area contributed by atoms with Crippen LogP contribution < -0.4 is 10.6 Å². The number of rotatable bonds is 5. The van der Waals surface area contributed by atoms with Crippen LogP contribution in [-0.2, 0) is 19.1 Å². The largest absolute Gasteiger partial charge is 0.465 e. The first-order valence-corrected chi connectivity index (χ1v) is 8.05. The highest BCUT2D eigenvalue weighted by molar-refractivity contribution is 5.85. The minimum Gasteiger partial charge on any atom is -0.465 e. The number of hydrogen-bond acceptors (Lipinski definition) is 5. The summed E-state index contributed by atoms with van der Waals surface area (Å²) in [5, 5.41) is 4.57. The van der Waals surface area contributed by atoms with Gasteiger partial charge in [-0.15, -0.1) is 0 Å². The molecule has 0 saturated carbocycles. The molecule has 0 saturated heterocycles. The third-order valence-corrected chi connectivity index (χ3v) is 2.47. The van der Waals surface area contributed by atoms with E-state index in [2.05, 4.69) is 34.4 Å². The van der Waals surface area contributed by atoms with Crippen molar-refractivity contribution in [3.8, 4) is 0 Å². The van der Waals surface area contributed by atoms with Crippen LogP contribution in [0, 0.1) is 6.92 Å². The second-order valence-electron chi connectivity index (χ2n) is 6.09. The van der Waals surface area contributed by atoms with Gasteiger partial charge >= 0.3 is 12.1 Å². The number of alkyl carbamates (subject to hydrolysis) is 1. The van der Waals surface area contributed by atoms with Gasteiger partial charge in [0.1, 0.15) is 18.7 Å². The molecule has 0 aromatic heterocycles. The fourth-order valence-corrected chi connectivity index (χ4v) is 1.45. The van der Waals surface area contributed by atoms with Gasteiger partial charge < -0.3 is 20.1 Å². The molecule has 0 atom stereocenters. The smallest absolute Gasteiger partial charge is 0.408 e. The topological polar surface area (TPSA) is 93.7 Å². The summed E-state index contributed by atoms with van der Waals surface area (Å²) >= 11 is 0. The summed E-state index contributed by atoms with van der Waals surface area (Å²) < 4.78 is 9.55. The van der Waals surface area contributed by atoms with Gasteiger partial charge in [0.25, 0.3) is 0 Å². The average molecular weight is 352 g/mol. The molecule has 0 unspecified atom stereocenters. The van der Waals surface area contributed by atoms with Gasteiger partial charge in [0.05, 0.1) is 6.61 Å². The molecule has 2 N–H and O–H groups in total. The van der Waals surface area contributed by atoms with Gasteiger partial charge in [-0.25, -0.2) is 4.79 Å². The highest BCUT2D eigenvalue weighted by Crippen LogP contribution is 2.05. The van der Waals surface area contributed by atoms with Crippen LogP contribution in [-0.4, -0.2) is 43.3 Å². The number of benzene rings is 1. The van der Waals surface area contributed by atoms with E-state index in [4.69, 9.17) is 4.74 Å². The van der Waals surface area contributed by atoms with E-state index in [1.807, 2.05) is 18.2 Å². The minimum atomic E-state index is -0.686. The highest BCUT2D eigenvalue weighted by atomic mass is 16.6. The maximum absolute atomic E-state index is 11.2. The summed E-state index contributed by atoms with van der Waals surface area (Å²) in [6, 6.07) is 10.3. The van der Waals surface area contributed by atoms with Gasteiger partial charge in [0.2, 0.25) is 5.91 Å². The Balaban J connectivity index is 0.000000676. The molecule has 7 heteroatoms. The van der Waals surface area contributed by atoms with Crippen LogP contribution in [0.1, 0.15) is 33.3 Å². The van der Waals surface area contributed by atoms with Crippen LogP contribution in [0.3, 0.4) is 0 Å². The summed E-state index contributed by atoms with van der Waals surface area (Å²) in [4.78, 5) is 33.4. The number of hydrogen-bond donors (Lipinski definition) is 2. The number of aryl methyl sites for hydroxylation is 1. The van der Waals surface area contributed by atoms with Crippen LogP contribution in [0.5, 0.6) is 0 Å². The second-order valence-corrected chi connectivity index (χ2v) is 6.09. The molecule has 7 nitrogen and oxygen atoms in total. The maximum atomic E-state index is 11.2. The maximum Gasteiger partial charge on any atom is 0.408 e. The Hall–Kier alpha value is -2.57. The van der Waals surface area contributed by atoms with E-state index in [1.54, 1.807) is 27.7 Å². The predicted octanol–water partition coefficient (Wildman–Crippen LogP) is 2.19. The van der Waals surface area contributed by atoms with Crippen molar-refractivity contribution in [2.24, 2.45) is 0 Å². The summed E-state index contributed by atoms with van der Waals surface area (Å²) in [5.41, 5.74) is 0.702. The fraction of sp³-hybridized carbons (Fsp3) is 0.500. The average Bonchev–Trinajstić information content (AvgIpc) is 2.51. The number of nitrogens with one attached hydrogen (secondary N) is 2. The van der Waals surface area contributed by atoms with E-state index in [0.29, 0.717) is 0 Å². The first kappa shape index (κ1) is 22.4. The van der Waals surface area contributed by atoms with Crippen LogP contribution >= 0.6 is 0 Å². The third-order valence-electron chi connectivity index (χ3n) is 2.47. The number of carbonyl (C=O) groups is 3. The van der Waals surface area contributed by atoms with Crippen molar-refractivity contribution in [2.75, 3.05) is 19.7 Å². The first-order valence-electron chi connectivity index (χ1n) is 8.05. The molecule has 0 spiro atoms. The zero-order valence-corrected chi connectivity index (χ0v) is 15.5. The molecule has 0 aliphatic rings. The normalized spacial score (nSPS) is 9.96. The lowest BCUT2D eigenvalue weighted by Gasteiger charge is -2.19. The lowest BCUT2D eigenvalue weighted by Crippen LogP contribution is -2.41. The van der Waals surface area contributed by atoms with Gasteiger partial charge in [-0.3, -0.25) is 9.59 Å². The number of esters is 1. The van der Waals surface area contributed by atoms with Gasteiger partial charge in [-0.2, -0.15) is 0 Å². The van der Waals surface area contributed by atoms with Crippen molar-refractivity contribution in [3.05, 3.63) is 35.9 Å². The van der Waals surface area contributed by atoms with Crippen molar-refractivity contribution in [1.82, 2.24) is 10.6 Å². The van der Waals surface area contributed by atoms with Crippen molar-refractivity contribution in [1.29, 1.82) is 0 Å². The Labute approximate surface area is 149 Å². The Morgan fingerprint density at radius 1 is 1.00 bits per heavy atom. The van der Waals surface area contributed by atoms with E-state index in [9.17, 15) is 14.4 Å². The standard InChI is InChI=1S/C11H20N2O5.C7H8/c1-5-17-9(15)7-12-8(14)6-13-10(16)18-11(2,3)4;1-7-5-3-2-4-6-7/h5-7H2,1-4H3,(H,12,14)(H,13,16);2-6H,1H3. The monoisotopic (exact) mass is 352 g/mol. The molecule has 140 valence electrons. The van der Waals surface area contributed by atoms with E-state index in [1.165, 1.54) is 5.56 Å². The molecule has 0 bridgehead atoms. The molecule has 0 aliphatic heterocycles. The van der Waals surface area contributed by atoms with Crippen molar-refractivity contribution >= 4 is 18.0 Å². The summed E-state index contributed by atoms with van der Waals surface area (Å²) in [7, 11) is 0. The van der Waals surface area contributed by atoms with E-state index in [-0.39, 0.29) is 19.7 Å². The predicted molar refractivity (Wildman–Crippen MR) is 95.1 cm³/mol. The molecule has 25 heavy (non-hydrogen) atoms. The Bertz CT molecular complexity index is 538. The summed E-state index contributed by atoms with van der Waals surface area (Å²) in [6.07, 6.45) is -0.686. The van der Waals surface area contributed by atoms with E-state index < -0.39 is 23.6 Å². The first-order chi connectivity index (χ1) is 11.6. The zero-order chi connectivity index (χ0) is 19.3. The Morgan fingerprint density at radius 3 is 2.04 bits per heavy atom. The lowest BCUT2D eigenvalue weighted by molar-refractivity contribution is -0.143. The molecular weight excluding hydrogens is 324 g/mol. The lowest BCUT2D eigenvalue weighted by atomic mass is 10.2. The molecular formula is C18H28N2O5. The Kier molecular flexibility index (Phi) is 10.7. The fourth-order valence-electron chi connectivity index (χ4n) is 1.45. The van der Waals surface area contributed by atoms with E-state index in [0.717, 1.165) is 0 Å². The molecule has 1 aromatic rings. The molecule has 1 aromatic carbocycles. The molecule has 2 amide bonds. The molecule has 0 fully saturated rings. The number of ether oxygens (including phenoxy) is 2. The van der Waals surface area contributed by atoms with Gasteiger partial charge in [0.15, 0.2) is 0 Å². The zero-order valence-electron chi connectivity index (χ0n) is 15.5. The van der Waals surface area contributed by atoms with Crippen LogP contribution in [0.15, 0.2) is 30.3 Å². The highest BCUT2D eigenvalue weighted by Gasteiger charge is 2.16. The third kappa shape index (κ3) is 14.7. The quantitative estimate of drug-likeness (QED) is 0.792. The molecule has 0 radical (unpaired) electrons. The van der Waals surface area contributed by atoms with Gasteiger partial charge in [0, 0.05) is 0 Å². The second kappa shape index (κ2) is 11.9. The molecule has 0 heterocycles. The van der Waals surface area contributed by atoms with Crippen LogP contribution in [0.2, 0.25) is 0 Å². The molecule has 1 rings (SSSR count). The molecule has 0 aliphatic carbocycles. The van der Waals surface area contributed by atoms with E-state index >= 15 is 0 Å². The Morgan fingerprint density at radius 2 is 1.60 bits per heavy atom. The van der Waals surface area contributed by atoms with Crippen LogP contribution in [0.25, 0.3) is 0 Å². The number of carbonyl (C=O) groups excluding carboxylic acids is 3. The van der Waals surface area contributed by atoms with Crippen molar-refractivity contribution in [2.45, 2.75) is 40.2 Å². The van der Waals surface area contributed by atoms with Gasteiger partial charge in [-0.1, -0.05) is 35.9 Å². The summed E-state index contributed by atoms with van der Waals surface area (Å²) in [6.45, 7) is 8.68. The SMILES string of the molecule is CCOC(=O)CNC(=O)CNC(=O)OC(C)(C)C.Cc1ccccc1.